The molecule has 0 aromatic heterocycles. The minimum absolute atomic E-state index is 0.0634. The van der Waals surface area contributed by atoms with E-state index in [1.54, 1.807) is 17.0 Å². The lowest BCUT2D eigenvalue weighted by Crippen LogP contribution is -2.34. The van der Waals surface area contributed by atoms with E-state index in [0.717, 1.165) is 16.9 Å². The number of halogens is 1. The lowest BCUT2D eigenvalue weighted by atomic mass is 10.1. The molecule has 0 saturated carbocycles. The molecule has 0 radical (unpaired) electrons. The molecule has 3 rings (SSSR count). The van der Waals surface area contributed by atoms with E-state index in [4.69, 9.17) is 11.6 Å². The van der Waals surface area contributed by atoms with Crippen molar-refractivity contribution in [2.45, 2.75) is 13.3 Å². The van der Waals surface area contributed by atoms with Gasteiger partial charge in [0.25, 0.3) is 0 Å². The largest absolute Gasteiger partial charge is 0.338 e. The third kappa shape index (κ3) is 4.31. The summed E-state index contributed by atoms with van der Waals surface area (Å²) in [6.45, 7) is 2.98. The topological polar surface area (TPSA) is 61.4 Å². The number of rotatable bonds is 4. The van der Waals surface area contributed by atoms with Crippen molar-refractivity contribution in [3.63, 3.8) is 0 Å². The lowest BCUT2D eigenvalue weighted by Gasteiger charge is -2.17. The highest BCUT2D eigenvalue weighted by Crippen LogP contribution is 2.26. The molecule has 1 atom stereocenters. The molecule has 130 valence electrons. The maximum Gasteiger partial charge on any atom is 0.319 e. The number of nitrogens with zero attached hydrogens (tertiary/aromatic N) is 1. The molecule has 0 spiro atoms. The third-order valence-corrected chi connectivity index (χ3v) is 4.54. The summed E-state index contributed by atoms with van der Waals surface area (Å²) >= 11 is 5.89. The van der Waals surface area contributed by atoms with Gasteiger partial charge in [-0.2, -0.15) is 0 Å². The molecule has 5 nitrogen and oxygen atoms in total. The fourth-order valence-electron chi connectivity index (χ4n) is 2.91. The Labute approximate surface area is 152 Å². The molecule has 0 bridgehead atoms. The minimum atomic E-state index is -0.258. The van der Waals surface area contributed by atoms with Crippen LogP contribution in [0.2, 0.25) is 5.02 Å². The zero-order chi connectivity index (χ0) is 17.8. The Hall–Kier alpha value is -2.53. The van der Waals surface area contributed by atoms with Gasteiger partial charge in [0.15, 0.2) is 0 Å². The normalized spacial score (nSPS) is 16.8. The summed E-state index contributed by atoms with van der Waals surface area (Å²) in [6, 6.07) is 14.5. The number of benzene rings is 2. The van der Waals surface area contributed by atoms with Crippen molar-refractivity contribution in [3.8, 4) is 0 Å². The van der Waals surface area contributed by atoms with E-state index < -0.39 is 0 Å². The van der Waals surface area contributed by atoms with Crippen molar-refractivity contribution in [3.05, 3.63) is 59.1 Å². The zero-order valence-corrected chi connectivity index (χ0v) is 14.7. The van der Waals surface area contributed by atoms with Crippen molar-refractivity contribution >= 4 is 34.9 Å². The second kappa shape index (κ2) is 7.57. The highest BCUT2D eigenvalue weighted by Gasteiger charge is 2.30. The number of amides is 3. The Morgan fingerprint density at radius 2 is 1.92 bits per heavy atom. The van der Waals surface area contributed by atoms with Crippen LogP contribution in [0.25, 0.3) is 0 Å². The SMILES string of the molecule is Cc1ccccc1NC(=O)NCC1CC(=O)N(c2ccc(Cl)cc2)C1. The van der Waals surface area contributed by atoms with Crippen molar-refractivity contribution in [2.75, 3.05) is 23.3 Å². The van der Waals surface area contributed by atoms with Crippen molar-refractivity contribution in [1.82, 2.24) is 5.32 Å². The number of urea groups is 1. The van der Waals surface area contributed by atoms with Crippen molar-refractivity contribution in [1.29, 1.82) is 0 Å². The lowest BCUT2D eigenvalue weighted by molar-refractivity contribution is -0.117. The standard InChI is InChI=1S/C19H20ClN3O2/c1-13-4-2-3-5-17(13)22-19(25)21-11-14-10-18(24)23(12-14)16-8-6-15(20)7-9-16/h2-9,14H,10-12H2,1H3,(H2,21,22,25). The number of anilines is 2. The Kier molecular flexibility index (Phi) is 5.24. The molecule has 6 heteroatoms. The zero-order valence-electron chi connectivity index (χ0n) is 14.0. The summed E-state index contributed by atoms with van der Waals surface area (Å²) in [7, 11) is 0. The molecular formula is C19H20ClN3O2. The van der Waals surface area contributed by atoms with Crippen molar-refractivity contribution in [2.24, 2.45) is 5.92 Å². The smallest absolute Gasteiger partial charge is 0.319 e. The predicted molar refractivity (Wildman–Crippen MR) is 100 cm³/mol. The summed E-state index contributed by atoms with van der Waals surface area (Å²) < 4.78 is 0. The summed E-state index contributed by atoms with van der Waals surface area (Å²) in [5.74, 6) is 0.152. The number of hydrogen-bond acceptors (Lipinski definition) is 2. The molecular weight excluding hydrogens is 338 g/mol. The highest BCUT2D eigenvalue weighted by atomic mass is 35.5. The molecule has 1 aliphatic rings. The van der Waals surface area contributed by atoms with Gasteiger partial charge in [-0.15, -0.1) is 0 Å². The van der Waals surface area contributed by atoms with Crippen LogP contribution in [0.15, 0.2) is 48.5 Å². The van der Waals surface area contributed by atoms with Crippen LogP contribution in [0.4, 0.5) is 16.2 Å². The van der Waals surface area contributed by atoms with Gasteiger partial charge in [0, 0.05) is 41.8 Å². The second-order valence-corrected chi connectivity index (χ2v) is 6.64. The Balaban J connectivity index is 1.52. The molecule has 2 aromatic rings. The van der Waals surface area contributed by atoms with Gasteiger partial charge in [-0.25, -0.2) is 4.79 Å². The summed E-state index contributed by atoms with van der Waals surface area (Å²) in [5, 5.41) is 6.32. The number of para-hydroxylation sites is 1. The molecule has 1 saturated heterocycles. The van der Waals surface area contributed by atoms with Crippen LogP contribution >= 0.6 is 11.6 Å². The van der Waals surface area contributed by atoms with Crippen LogP contribution in [0.5, 0.6) is 0 Å². The van der Waals surface area contributed by atoms with E-state index in [0.29, 0.717) is 24.5 Å². The molecule has 0 aliphatic carbocycles. The van der Waals surface area contributed by atoms with E-state index in [9.17, 15) is 9.59 Å². The molecule has 1 fully saturated rings. The Bertz CT molecular complexity index is 776. The second-order valence-electron chi connectivity index (χ2n) is 6.20. The van der Waals surface area contributed by atoms with E-state index in [-0.39, 0.29) is 17.9 Å². The molecule has 2 aromatic carbocycles. The number of hydrogen-bond donors (Lipinski definition) is 2. The Morgan fingerprint density at radius 3 is 2.64 bits per heavy atom. The van der Waals surface area contributed by atoms with Gasteiger partial charge >= 0.3 is 6.03 Å². The number of carbonyl (C=O) groups is 2. The van der Waals surface area contributed by atoms with Crippen LogP contribution in [0.3, 0.4) is 0 Å². The van der Waals surface area contributed by atoms with Crippen LogP contribution < -0.4 is 15.5 Å². The third-order valence-electron chi connectivity index (χ3n) is 4.29. The number of aryl methyl sites for hydroxylation is 1. The number of nitrogens with one attached hydrogen (secondary N) is 2. The van der Waals surface area contributed by atoms with Crippen LogP contribution in [-0.4, -0.2) is 25.0 Å². The van der Waals surface area contributed by atoms with Crippen LogP contribution in [-0.2, 0) is 4.79 Å². The van der Waals surface area contributed by atoms with Gasteiger partial charge < -0.3 is 15.5 Å². The molecule has 1 aliphatic heterocycles. The van der Waals surface area contributed by atoms with Gasteiger partial charge in [0.2, 0.25) is 5.91 Å². The van der Waals surface area contributed by atoms with Gasteiger partial charge in [-0.1, -0.05) is 29.8 Å². The van der Waals surface area contributed by atoms with E-state index >= 15 is 0 Å². The summed E-state index contributed by atoms with van der Waals surface area (Å²) in [5.41, 5.74) is 2.62. The molecule has 1 unspecified atom stereocenters. The summed E-state index contributed by atoms with van der Waals surface area (Å²) in [4.78, 5) is 26.0. The van der Waals surface area contributed by atoms with Gasteiger partial charge in [0.05, 0.1) is 0 Å². The predicted octanol–water partition coefficient (Wildman–Crippen LogP) is 3.82. The Morgan fingerprint density at radius 1 is 1.20 bits per heavy atom. The van der Waals surface area contributed by atoms with Gasteiger partial charge in [-0.05, 0) is 42.8 Å². The van der Waals surface area contributed by atoms with E-state index in [2.05, 4.69) is 10.6 Å². The average Bonchev–Trinajstić information content (AvgIpc) is 2.97. The number of carbonyl (C=O) groups excluding carboxylic acids is 2. The first kappa shape index (κ1) is 17.3. The minimum Gasteiger partial charge on any atom is -0.338 e. The van der Waals surface area contributed by atoms with Crippen molar-refractivity contribution < 1.29 is 9.59 Å². The van der Waals surface area contributed by atoms with Crippen LogP contribution in [0, 0.1) is 12.8 Å². The molecule has 1 heterocycles. The fourth-order valence-corrected chi connectivity index (χ4v) is 3.03. The maximum absolute atomic E-state index is 12.2. The first-order valence-electron chi connectivity index (χ1n) is 8.19. The molecule has 25 heavy (non-hydrogen) atoms. The first-order valence-corrected chi connectivity index (χ1v) is 8.57. The van der Waals surface area contributed by atoms with Crippen LogP contribution in [0.1, 0.15) is 12.0 Å². The highest BCUT2D eigenvalue weighted by molar-refractivity contribution is 6.30. The van der Waals surface area contributed by atoms with Gasteiger partial charge in [0.1, 0.15) is 0 Å². The van der Waals surface area contributed by atoms with Gasteiger partial charge in [-0.3, -0.25) is 4.79 Å². The molecule has 2 N–H and O–H groups in total. The van der Waals surface area contributed by atoms with E-state index in [1.165, 1.54) is 0 Å². The maximum atomic E-state index is 12.2. The quantitative estimate of drug-likeness (QED) is 0.873. The summed E-state index contributed by atoms with van der Waals surface area (Å²) in [6.07, 6.45) is 0.424. The monoisotopic (exact) mass is 357 g/mol. The molecule has 3 amide bonds. The fraction of sp³-hybridized carbons (Fsp3) is 0.263. The average molecular weight is 358 g/mol. The van der Waals surface area contributed by atoms with E-state index in [1.807, 2.05) is 43.3 Å². The first-order chi connectivity index (χ1) is 12.0.